The SMILES string of the molecule is C[Si](C)(C)CP=C(c1ccccc1)c1ccccn1. The van der Waals surface area contributed by atoms with Crippen LogP contribution in [0, 0.1) is 0 Å². The molecule has 0 saturated heterocycles. The van der Waals surface area contributed by atoms with E-state index in [1.165, 1.54) is 24.8 Å². The zero-order valence-corrected chi connectivity index (χ0v) is 13.7. The first kappa shape index (κ1) is 14.2. The fraction of sp³-hybridized carbons (Fsp3) is 0.250. The second kappa shape index (κ2) is 6.27. The van der Waals surface area contributed by atoms with E-state index in [0.29, 0.717) is 0 Å². The first-order valence-electron chi connectivity index (χ1n) is 6.57. The molecule has 0 N–H and O–H groups in total. The van der Waals surface area contributed by atoms with Crippen LogP contribution < -0.4 is 0 Å². The maximum atomic E-state index is 4.53. The van der Waals surface area contributed by atoms with Gasteiger partial charge in [-0.25, -0.2) is 0 Å². The van der Waals surface area contributed by atoms with E-state index in [1.54, 1.807) is 0 Å². The first-order valence-corrected chi connectivity index (χ1v) is 11.4. The van der Waals surface area contributed by atoms with Gasteiger partial charge in [-0.2, -0.15) is 0 Å². The maximum absolute atomic E-state index is 4.53. The van der Waals surface area contributed by atoms with Crippen molar-refractivity contribution in [1.82, 2.24) is 4.98 Å². The van der Waals surface area contributed by atoms with Crippen molar-refractivity contribution < 1.29 is 0 Å². The smallest absolute Gasteiger partial charge is 0.0750 e. The summed E-state index contributed by atoms with van der Waals surface area (Å²) in [6.45, 7) is 7.25. The second-order valence-electron chi connectivity index (χ2n) is 5.81. The Bertz CT molecular complexity index is 502. The van der Waals surface area contributed by atoms with Crippen molar-refractivity contribution in [2.24, 2.45) is 0 Å². The molecule has 1 heterocycles. The van der Waals surface area contributed by atoms with Gasteiger partial charge in [0.1, 0.15) is 0 Å². The number of hydrogen-bond donors (Lipinski definition) is 0. The molecule has 1 aromatic heterocycles. The molecular weight excluding hydrogens is 265 g/mol. The monoisotopic (exact) mass is 285 g/mol. The molecule has 2 rings (SSSR count). The summed E-state index contributed by atoms with van der Waals surface area (Å²) in [7, 11) is 0.351. The van der Waals surface area contributed by atoms with Crippen LogP contribution in [0.1, 0.15) is 11.3 Å². The van der Waals surface area contributed by atoms with E-state index in [2.05, 4.69) is 67.1 Å². The van der Waals surface area contributed by atoms with E-state index in [9.17, 15) is 0 Å². The Kier molecular flexibility index (Phi) is 4.68. The van der Waals surface area contributed by atoms with Gasteiger partial charge in [0.15, 0.2) is 0 Å². The molecule has 0 aliphatic carbocycles. The lowest BCUT2D eigenvalue weighted by Crippen LogP contribution is -2.23. The Morgan fingerprint density at radius 2 is 1.68 bits per heavy atom. The molecule has 1 aromatic carbocycles. The fourth-order valence-electron chi connectivity index (χ4n) is 1.74. The van der Waals surface area contributed by atoms with Crippen molar-refractivity contribution in [1.29, 1.82) is 0 Å². The van der Waals surface area contributed by atoms with Crippen molar-refractivity contribution in [2.75, 3.05) is 5.79 Å². The van der Waals surface area contributed by atoms with Crippen LogP contribution >= 0.6 is 8.20 Å². The third-order valence-electron chi connectivity index (χ3n) is 2.67. The zero-order chi connectivity index (χ0) is 13.7. The predicted octanol–water partition coefficient (Wildman–Crippen LogP) is 4.47. The normalized spacial score (nSPS) is 12.5. The van der Waals surface area contributed by atoms with E-state index in [0.717, 1.165) is 5.69 Å². The lowest BCUT2D eigenvalue weighted by molar-refractivity contribution is 1.30. The number of nitrogens with zero attached hydrogens (tertiary/aromatic N) is 1. The Labute approximate surface area is 118 Å². The van der Waals surface area contributed by atoms with Gasteiger partial charge in [0.2, 0.25) is 0 Å². The van der Waals surface area contributed by atoms with E-state index >= 15 is 0 Å². The van der Waals surface area contributed by atoms with Gasteiger partial charge < -0.3 is 0 Å². The predicted molar refractivity (Wildman–Crippen MR) is 89.0 cm³/mol. The highest BCUT2D eigenvalue weighted by Gasteiger charge is 2.13. The minimum absolute atomic E-state index is 1.05. The number of aromatic nitrogens is 1. The quantitative estimate of drug-likeness (QED) is 0.596. The van der Waals surface area contributed by atoms with Crippen LogP contribution in [-0.2, 0) is 0 Å². The molecule has 0 atom stereocenters. The van der Waals surface area contributed by atoms with Gasteiger partial charge in [-0.05, 0) is 23.5 Å². The largest absolute Gasteiger partial charge is 0.256 e. The van der Waals surface area contributed by atoms with Crippen LogP contribution in [0.3, 0.4) is 0 Å². The Hall–Kier alpha value is -1.24. The average molecular weight is 285 g/mol. The van der Waals surface area contributed by atoms with Crippen molar-refractivity contribution in [3.63, 3.8) is 0 Å². The van der Waals surface area contributed by atoms with Gasteiger partial charge in [-0.1, -0.05) is 64.2 Å². The highest BCUT2D eigenvalue weighted by Crippen LogP contribution is 2.19. The van der Waals surface area contributed by atoms with Crippen molar-refractivity contribution in [3.05, 3.63) is 66.0 Å². The molecule has 0 aliphatic rings. The van der Waals surface area contributed by atoms with E-state index in [-0.39, 0.29) is 0 Å². The standard InChI is InChI=1S/C16H20NPSi/c1-19(2,3)13-18-16(14-9-5-4-6-10-14)15-11-7-8-12-17-15/h4-12H,13H2,1-3H3. The van der Waals surface area contributed by atoms with Crippen LogP contribution in [0.15, 0.2) is 54.7 Å². The van der Waals surface area contributed by atoms with Gasteiger partial charge in [-0.15, -0.1) is 0 Å². The van der Waals surface area contributed by atoms with E-state index in [4.69, 9.17) is 0 Å². The molecule has 98 valence electrons. The summed E-state index contributed by atoms with van der Waals surface area (Å²) in [5, 5.41) is 1.35. The Morgan fingerprint density at radius 3 is 2.26 bits per heavy atom. The topological polar surface area (TPSA) is 12.9 Å². The van der Waals surface area contributed by atoms with Gasteiger partial charge in [0.05, 0.1) is 13.8 Å². The maximum Gasteiger partial charge on any atom is 0.0750 e. The second-order valence-corrected chi connectivity index (χ2v) is 13.0. The van der Waals surface area contributed by atoms with Crippen LogP contribution in [0.2, 0.25) is 19.6 Å². The molecule has 1 nitrogen and oxygen atoms in total. The minimum atomic E-state index is -1.05. The van der Waals surface area contributed by atoms with Gasteiger partial charge in [0.25, 0.3) is 0 Å². The molecular formula is C16H20NPSi. The van der Waals surface area contributed by atoms with E-state index in [1.807, 2.05) is 12.3 Å². The number of rotatable bonds is 4. The van der Waals surface area contributed by atoms with Crippen molar-refractivity contribution in [2.45, 2.75) is 19.6 Å². The fourth-order valence-corrected chi connectivity index (χ4v) is 4.89. The highest BCUT2D eigenvalue weighted by atomic mass is 31.1. The van der Waals surface area contributed by atoms with Crippen LogP contribution in [0.4, 0.5) is 0 Å². The van der Waals surface area contributed by atoms with E-state index < -0.39 is 8.07 Å². The molecule has 0 fully saturated rings. The third kappa shape index (κ3) is 4.41. The van der Waals surface area contributed by atoms with Crippen LogP contribution in [0.25, 0.3) is 0 Å². The molecule has 0 unspecified atom stereocenters. The van der Waals surface area contributed by atoms with Crippen LogP contribution in [-0.4, -0.2) is 24.1 Å². The molecule has 0 amide bonds. The summed E-state index contributed by atoms with van der Waals surface area (Å²) < 4.78 is 0. The zero-order valence-electron chi connectivity index (χ0n) is 11.8. The summed E-state index contributed by atoms with van der Waals surface area (Å²) in [5.41, 5.74) is 2.40. The van der Waals surface area contributed by atoms with Gasteiger partial charge in [-0.3, -0.25) is 4.98 Å². The molecule has 0 aliphatic heterocycles. The lowest BCUT2D eigenvalue weighted by Gasteiger charge is -2.14. The summed E-state index contributed by atoms with van der Waals surface area (Å²) in [6, 6.07) is 16.8. The number of pyridine rings is 1. The summed E-state index contributed by atoms with van der Waals surface area (Å²) >= 11 is 0. The number of benzene rings is 1. The Balaban J connectivity index is 2.40. The number of hydrogen-bond acceptors (Lipinski definition) is 1. The first-order chi connectivity index (χ1) is 9.06. The van der Waals surface area contributed by atoms with Crippen LogP contribution in [0.5, 0.6) is 0 Å². The molecule has 0 spiro atoms. The molecule has 0 radical (unpaired) electrons. The lowest BCUT2D eigenvalue weighted by atomic mass is 10.1. The van der Waals surface area contributed by atoms with Gasteiger partial charge in [0, 0.05) is 11.5 Å². The third-order valence-corrected chi connectivity index (χ3v) is 7.90. The molecule has 2 aromatic rings. The average Bonchev–Trinajstić information content (AvgIpc) is 2.40. The van der Waals surface area contributed by atoms with Crippen molar-refractivity contribution >= 4 is 21.6 Å². The van der Waals surface area contributed by atoms with Gasteiger partial charge >= 0.3 is 0 Å². The van der Waals surface area contributed by atoms with Crippen molar-refractivity contribution in [3.8, 4) is 0 Å². The Morgan fingerprint density at radius 1 is 1.00 bits per heavy atom. The molecule has 0 bridgehead atoms. The molecule has 3 heteroatoms. The summed E-state index contributed by atoms with van der Waals surface area (Å²) in [4.78, 5) is 4.53. The molecule has 0 saturated carbocycles. The summed E-state index contributed by atoms with van der Waals surface area (Å²) in [5.74, 6) is 1.27. The highest BCUT2D eigenvalue weighted by molar-refractivity contribution is 7.45. The molecule has 19 heavy (non-hydrogen) atoms. The summed E-state index contributed by atoms with van der Waals surface area (Å²) in [6.07, 6.45) is 1.88. The minimum Gasteiger partial charge on any atom is -0.256 e.